The Labute approximate surface area is 746 Å². The van der Waals surface area contributed by atoms with Gasteiger partial charge in [0.25, 0.3) is 0 Å². The van der Waals surface area contributed by atoms with Gasteiger partial charge in [0.1, 0.15) is 96.7 Å². The van der Waals surface area contributed by atoms with Crippen LogP contribution in [0, 0.1) is 10.8 Å². The minimum atomic E-state index is -1.98. The standard InChI is InChI=1S/C80H123N23O27/c1-38(62(113)87-33-58(110)99(9)61(80(6,7)8)73(124)97-52(37-107)71(122)96-51(36-106)70(121)95-50(35-105)69(120)91-41(4)78(129)130)88-63(114)39(2)90-68(119)49(34-104)94-64(115)40(3)89-66(117)48(30-59(111)112)93-67(118)47(29-43-31-85-46-19-11-10-17-44(43)46)92-57(109)32-86-72(123)53-20-13-25-100(53)74(125)54-21-14-26-101(54)75(126)55-22-15-27-102(55)76(127)56-23-16-28-103(56)77(128)60(42(5)108)98-65(116)45(81)18-12-24-84-79(82)83/h10-11,17,19,31,38-42,45,47-56,60-61,85,104-108H,12-16,18,20-30,32-37,81H2,1-9H3,(H,86,123)(H,87,113)(H,88,114)(H,89,117)(H,90,119)(H,91,120)(H,92,109)(H,93,118)(H,94,115)(H,95,121)(H,96,122)(H,97,124)(H,98,116)(H,111,112)(H,129,130)(H4,82,83,84)/t38-,39-,40-,41-,42+,45-,47-,48-,49-,50-,51-,52-,53-,54-,55-,56-,60-,61+/m0/s1. The highest BCUT2D eigenvalue weighted by Crippen LogP contribution is 2.32. The van der Waals surface area contributed by atoms with Crippen LogP contribution in [0.15, 0.2) is 30.5 Å². The Balaban J connectivity index is 1.01. The number of carboxylic acid groups (broad SMARTS) is 2. The highest BCUT2D eigenvalue weighted by molar-refractivity contribution is 6.02. The van der Waals surface area contributed by atoms with Gasteiger partial charge >= 0.3 is 11.9 Å². The fraction of sp³-hybridized carbons (Fsp3) is 0.637. The third-order valence-electron chi connectivity index (χ3n) is 22.4. The monoisotopic (exact) mass is 1840 g/mol. The predicted octanol–water partition coefficient (Wildman–Crippen LogP) is -11.3. The molecule has 4 fully saturated rings. The number of carbonyl (C=O) groups is 20. The molecule has 0 unspecified atom stereocenters. The summed E-state index contributed by atoms with van der Waals surface area (Å²) < 4.78 is 0. The summed E-state index contributed by atoms with van der Waals surface area (Å²) in [4.78, 5) is 280. The first-order valence-electron chi connectivity index (χ1n) is 42.5. The number of hydrogen-bond acceptors (Lipinski definition) is 27. The second-order valence-corrected chi connectivity index (χ2v) is 33.4. The molecule has 5 heterocycles. The van der Waals surface area contributed by atoms with Gasteiger partial charge in [0.2, 0.25) is 106 Å². The van der Waals surface area contributed by atoms with Crippen LogP contribution in [0.3, 0.4) is 0 Å². The third-order valence-corrected chi connectivity index (χ3v) is 22.4. The number of nitrogens with one attached hydrogen (secondary N) is 16. The van der Waals surface area contributed by atoms with Crippen molar-refractivity contribution in [2.45, 2.75) is 241 Å². The number of nitrogens with two attached hydrogens (primary N) is 2. The zero-order valence-corrected chi connectivity index (χ0v) is 73.7. The fourth-order valence-corrected chi connectivity index (χ4v) is 15.3. The maximum absolute atomic E-state index is 14.7. The number of aliphatic hydroxyl groups is 5. The minimum absolute atomic E-state index is 0.0865. The van der Waals surface area contributed by atoms with E-state index in [0.717, 1.165) is 25.7 Å². The van der Waals surface area contributed by atoms with Crippen LogP contribution in [0.5, 0.6) is 0 Å². The van der Waals surface area contributed by atoms with Crippen molar-refractivity contribution in [3.05, 3.63) is 36.0 Å². The molecule has 0 aliphatic carbocycles. The number of H-pyrrole nitrogens is 1. The molecule has 18 atom stereocenters. The topological polar surface area (TPSA) is 759 Å². The molecule has 4 saturated heterocycles. The van der Waals surface area contributed by atoms with E-state index in [2.05, 4.69) is 68.8 Å². The first kappa shape index (κ1) is 106. The van der Waals surface area contributed by atoms with Gasteiger partial charge in [0, 0.05) is 63.3 Å². The fourth-order valence-electron chi connectivity index (χ4n) is 15.3. The number of carboxylic acids is 2. The van der Waals surface area contributed by atoms with Gasteiger partial charge in [0.15, 0.2) is 5.96 Å². The zero-order chi connectivity index (χ0) is 97.0. The molecule has 18 amide bonds. The molecule has 50 nitrogen and oxygen atoms in total. The van der Waals surface area contributed by atoms with Crippen LogP contribution < -0.4 is 85.9 Å². The van der Waals surface area contributed by atoms with Crippen LogP contribution in [-0.4, -0.2) is 378 Å². The molecule has 0 saturated carbocycles. The molecule has 0 radical (unpaired) electrons. The van der Waals surface area contributed by atoms with Gasteiger partial charge in [-0.25, -0.2) is 0 Å². The van der Waals surface area contributed by atoms with Crippen LogP contribution in [-0.2, 0) is 102 Å². The van der Waals surface area contributed by atoms with Crippen molar-refractivity contribution in [1.29, 1.82) is 5.41 Å². The number of aromatic amines is 1. The number of rotatable bonds is 46. The maximum Gasteiger partial charge on any atom is 0.325 e. The largest absolute Gasteiger partial charge is 0.481 e. The van der Waals surface area contributed by atoms with Crippen LogP contribution in [0.25, 0.3) is 10.9 Å². The van der Waals surface area contributed by atoms with E-state index < -0.39 is 278 Å². The summed E-state index contributed by atoms with van der Waals surface area (Å²) >= 11 is 0. The van der Waals surface area contributed by atoms with Gasteiger partial charge in [0.05, 0.1) is 58.1 Å². The van der Waals surface area contributed by atoms with E-state index in [-0.39, 0.29) is 77.2 Å². The smallest absolute Gasteiger partial charge is 0.325 e. The average molecular weight is 1840 g/mol. The lowest BCUT2D eigenvalue weighted by atomic mass is 9.85. The van der Waals surface area contributed by atoms with Crippen LogP contribution in [0.4, 0.5) is 0 Å². The first-order chi connectivity index (χ1) is 61.2. The second kappa shape index (κ2) is 49.1. The number of aliphatic carboxylic acids is 2. The Morgan fingerprint density at radius 1 is 0.500 bits per heavy atom. The molecule has 720 valence electrons. The van der Waals surface area contributed by atoms with Gasteiger partial charge in [-0.05, 0) is 116 Å². The number of aromatic nitrogens is 1. The molecular weight excluding hydrogens is 1720 g/mol. The van der Waals surface area contributed by atoms with Crippen molar-refractivity contribution in [2.75, 3.05) is 79.3 Å². The normalized spacial score (nSPS) is 19.3. The molecule has 0 bridgehead atoms. The highest BCUT2D eigenvalue weighted by Gasteiger charge is 2.50. The molecule has 130 heavy (non-hydrogen) atoms. The van der Waals surface area contributed by atoms with Crippen molar-refractivity contribution < 1.29 is 132 Å². The van der Waals surface area contributed by atoms with Gasteiger partial charge in [-0.1, -0.05) is 39.0 Å². The molecule has 27 N–H and O–H groups in total. The molecule has 2 aromatic rings. The number of aliphatic hydroxyl groups excluding tert-OH is 5. The molecule has 50 heteroatoms. The third kappa shape index (κ3) is 29.4. The summed E-state index contributed by atoms with van der Waals surface area (Å²) in [6, 6.07) is -18.5. The first-order valence-corrected chi connectivity index (χ1v) is 42.5. The quantitative estimate of drug-likeness (QED) is 0.0166. The Bertz CT molecular complexity index is 4490. The minimum Gasteiger partial charge on any atom is -0.481 e. The zero-order valence-electron chi connectivity index (χ0n) is 73.7. The molecular formula is C80H123N23O27. The lowest BCUT2D eigenvalue weighted by molar-refractivity contribution is -0.153. The number of carbonyl (C=O) groups excluding carboxylic acids is 18. The summed E-state index contributed by atoms with van der Waals surface area (Å²) in [5.41, 5.74) is 11.3. The molecule has 0 spiro atoms. The Kier molecular flexibility index (Phi) is 40.0. The predicted molar refractivity (Wildman–Crippen MR) is 454 cm³/mol. The van der Waals surface area contributed by atoms with Crippen LogP contribution in [0.2, 0.25) is 0 Å². The van der Waals surface area contributed by atoms with Gasteiger partial charge < -0.3 is 151 Å². The van der Waals surface area contributed by atoms with Gasteiger partial charge in [-0.3, -0.25) is 101 Å². The molecule has 4 aliphatic rings. The van der Waals surface area contributed by atoms with E-state index in [1.54, 1.807) is 24.3 Å². The summed E-state index contributed by atoms with van der Waals surface area (Å²) in [5, 5.41) is 110. The number of nitrogens with zero attached hydrogens (tertiary/aromatic N) is 5. The summed E-state index contributed by atoms with van der Waals surface area (Å²) in [5.74, 6) is -20.5. The van der Waals surface area contributed by atoms with E-state index in [1.165, 1.54) is 67.5 Å². The number of guanidine groups is 1. The number of fused-ring (bicyclic) bond motifs is 1. The van der Waals surface area contributed by atoms with E-state index in [4.69, 9.17) is 22.0 Å². The summed E-state index contributed by atoms with van der Waals surface area (Å²) in [7, 11) is 1.17. The Morgan fingerprint density at radius 3 is 1.40 bits per heavy atom. The Morgan fingerprint density at radius 2 is 0.915 bits per heavy atom. The number of benzene rings is 1. The number of hydrogen-bond donors (Lipinski definition) is 25. The van der Waals surface area contributed by atoms with Crippen LogP contribution in [0.1, 0.15) is 132 Å². The maximum atomic E-state index is 14.7. The van der Waals surface area contributed by atoms with Crippen molar-refractivity contribution in [1.82, 2.24) is 104 Å². The average Bonchev–Trinajstić information content (AvgIpc) is 1.62. The van der Waals surface area contributed by atoms with Gasteiger partial charge in [-0.2, -0.15) is 0 Å². The number of likely N-dealkylation sites (tertiary alicyclic amines) is 4. The van der Waals surface area contributed by atoms with Crippen molar-refractivity contribution in [3.8, 4) is 0 Å². The van der Waals surface area contributed by atoms with Gasteiger partial charge in [-0.15, -0.1) is 0 Å². The molecule has 1 aromatic heterocycles. The van der Waals surface area contributed by atoms with Crippen molar-refractivity contribution in [2.24, 2.45) is 16.9 Å². The van der Waals surface area contributed by atoms with E-state index in [1.807, 2.05) is 10.6 Å². The highest BCUT2D eigenvalue weighted by atomic mass is 16.4. The molecule has 4 aliphatic heterocycles. The summed E-state index contributed by atoms with van der Waals surface area (Å²) in [6.07, 6.45) is 1.54. The Hall–Kier alpha value is -12.8. The number of para-hydroxylation sites is 1. The lowest BCUT2D eigenvalue weighted by Gasteiger charge is -2.37. The summed E-state index contributed by atoms with van der Waals surface area (Å²) in [6.45, 7) is 5.12. The van der Waals surface area contributed by atoms with Crippen molar-refractivity contribution in [3.63, 3.8) is 0 Å². The molecule has 1 aromatic carbocycles. The van der Waals surface area contributed by atoms with Crippen LogP contribution >= 0.6 is 0 Å². The molecule has 6 rings (SSSR count). The SMILES string of the molecule is C[C@H](NC(=O)[C@H](CO)NC(=O)[C@H](CO)NC(=O)[C@H](CO)NC(=O)[C@@H](N(C)C(=O)CNC(=O)[C@H](C)NC(=O)[C@H](C)NC(=O)[C@H](CO)NC(=O)[C@H](C)NC(=O)[C@H](CC(=O)O)NC(=O)[C@H](Cc1c[nH]c2ccccc12)NC(=O)CNC(=O)[C@@H]1CCCN1C(=O)[C@@H]1CCCN1C(=O)[C@@H]1CCCN1C(=O)[C@@H]1CCCN1C(=O)[C@@H](NC(=O)[C@@H](N)CCCNC(=N)N)[C@@H](C)O)C(C)(C)C)C(=O)O. The lowest BCUT2D eigenvalue weighted by Crippen LogP contribution is -2.62. The number of amides is 18. The van der Waals surface area contributed by atoms with Crippen molar-refractivity contribution >= 4 is 135 Å². The van der Waals surface area contributed by atoms with E-state index >= 15 is 0 Å². The number of likely N-dealkylation sites (N-methyl/N-ethyl adjacent to an activating group) is 1. The van der Waals surface area contributed by atoms with E-state index in [0.29, 0.717) is 48.6 Å². The van der Waals surface area contributed by atoms with E-state index in [9.17, 15) is 127 Å². The second-order valence-electron chi connectivity index (χ2n) is 33.4.